The number of ether oxygens (including phenoxy) is 1. The van der Waals surface area contributed by atoms with Crippen LogP contribution < -0.4 is 5.73 Å². The van der Waals surface area contributed by atoms with Crippen molar-refractivity contribution in [2.45, 2.75) is 25.6 Å². The predicted molar refractivity (Wildman–Crippen MR) is 81.4 cm³/mol. The van der Waals surface area contributed by atoms with Gasteiger partial charge in [-0.25, -0.2) is 14.5 Å². The normalized spacial score (nSPS) is 24.5. The number of nitrogen functional groups attached to an aromatic ring is 1. The van der Waals surface area contributed by atoms with Crippen LogP contribution in [0.15, 0.2) is 29.3 Å². The molecule has 1 aliphatic heterocycles. The zero-order chi connectivity index (χ0) is 16.0. The molecule has 0 aromatic carbocycles. The van der Waals surface area contributed by atoms with Gasteiger partial charge in [-0.15, -0.1) is 0 Å². The molecular weight excluding hydrogens is 298 g/mol. The average Bonchev–Trinajstić information content (AvgIpc) is 3.25. The Balaban J connectivity index is 1.90. The van der Waals surface area contributed by atoms with Crippen molar-refractivity contribution in [2.75, 3.05) is 12.3 Å². The first-order valence-electron chi connectivity index (χ1n) is 7.47. The maximum atomic E-state index is 9.36. The molecule has 23 heavy (non-hydrogen) atoms. The predicted octanol–water partition coefficient (Wildman–Crippen LogP) is 1.42. The van der Waals surface area contributed by atoms with E-state index < -0.39 is 0 Å². The zero-order valence-electron chi connectivity index (χ0n) is 12.6. The number of aromatic nitrogens is 4. The summed E-state index contributed by atoms with van der Waals surface area (Å²) in [5.41, 5.74) is 8.27. The first-order chi connectivity index (χ1) is 11.2. The van der Waals surface area contributed by atoms with Gasteiger partial charge in [-0.05, 0) is 18.4 Å². The van der Waals surface area contributed by atoms with Gasteiger partial charge in [0.05, 0.1) is 30.2 Å². The Morgan fingerprint density at radius 2 is 2.30 bits per heavy atom. The van der Waals surface area contributed by atoms with Crippen LogP contribution in [0.2, 0.25) is 0 Å². The summed E-state index contributed by atoms with van der Waals surface area (Å²) in [5, 5.41) is 13.7. The molecule has 0 saturated carbocycles. The molecule has 4 heterocycles. The molecule has 0 radical (unpaired) electrons. The van der Waals surface area contributed by atoms with Crippen molar-refractivity contribution in [1.29, 1.82) is 0 Å². The number of aliphatic hydroxyl groups excluding tert-OH is 1. The second-order valence-electron chi connectivity index (χ2n) is 5.80. The number of nitrogens with two attached hydrogens (primary N) is 1. The molecule has 8 heteroatoms. The van der Waals surface area contributed by atoms with Crippen molar-refractivity contribution in [3.8, 4) is 11.5 Å². The minimum Gasteiger partial charge on any atom is -0.444 e. The van der Waals surface area contributed by atoms with Gasteiger partial charge in [0, 0.05) is 0 Å². The lowest BCUT2D eigenvalue weighted by Crippen LogP contribution is -2.12. The summed E-state index contributed by atoms with van der Waals surface area (Å²) in [6.07, 6.45) is 4.95. The number of anilines is 1. The van der Waals surface area contributed by atoms with E-state index in [4.69, 9.17) is 14.9 Å². The molecule has 0 bridgehead atoms. The largest absolute Gasteiger partial charge is 0.444 e. The molecule has 8 nitrogen and oxygen atoms in total. The van der Waals surface area contributed by atoms with E-state index in [1.165, 1.54) is 12.6 Å². The zero-order valence-corrected chi connectivity index (χ0v) is 12.6. The lowest BCUT2D eigenvalue weighted by Gasteiger charge is -2.14. The lowest BCUT2D eigenvalue weighted by atomic mass is 9.99. The summed E-state index contributed by atoms with van der Waals surface area (Å²) in [6, 6.07) is 1.92. The number of hydrogen-bond acceptors (Lipinski definition) is 7. The van der Waals surface area contributed by atoms with Gasteiger partial charge in [-0.1, -0.05) is 6.92 Å². The molecule has 1 fully saturated rings. The van der Waals surface area contributed by atoms with E-state index in [1.54, 1.807) is 10.7 Å². The highest BCUT2D eigenvalue weighted by Gasteiger charge is 2.36. The van der Waals surface area contributed by atoms with E-state index >= 15 is 0 Å². The monoisotopic (exact) mass is 315 g/mol. The van der Waals surface area contributed by atoms with Crippen molar-refractivity contribution in [3.05, 3.63) is 30.5 Å². The maximum Gasteiger partial charge on any atom is 0.228 e. The molecule has 0 spiro atoms. The first kappa shape index (κ1) is 14.2. The highest BCUT2D eigenvalue weighted by atomic mass is 16.5. The molecule has 1 saturated heterocycles. The van der Waals surface area contributed by atoms with E-state index in [1.807, 2.05) is 6.07 Å². The van der Waals surface area contributed by atoms with E-state index in [2.05, 4.69) is 22.0 Å². The third kappa shape index (κ3) is 2.18. The number of aliphatic hydroxyl groups is 1. The fourth-order valence-electron chi connectivity index (χ4n) is 3.23. The minimum absolute atomic E-state index is 0.00780. The van der Waals surface area contributed by atoms with Crippen molar-refractivity contribution in [3.63, 3.8) is 0 Å². The molecule has 3 N–H and O–H groups in total. The molecule has 0 aliphatic carbocycles. The molecule has 3 atom stereocenters. The van der Waals surface area contributed by atoms with Crippen molar-refractivity contribution in [1.82, 2.24) is 19.6 Å². The van der Waals surface area contributed by atoms with Crippen LogP contribution in [0.4, 0.5) is 5.82 Å². The van der Waals surface area contributed by atoms with Crippen LogP contribution in [0.1, 0.15) is 25.1 Å². The number of oxazole rings is 1. The Bertz CT molecular complexity index is 829. The van der Waals surface area contributed by atoms with Gasteiger partial charge in [0.15, 0.2) is 5.82 Å². The van der Waals surface area contributed by atoms with Crippen LogP contribution in [0.25, 0.3) is 17.0 Å². The standard InChI is InChI=1S/C15H17N5O3/c1-8-4-9(6-21)23-13(8)11-5-10(15-17-2-3-22-15)12-14(16)18-7-19-20(11)12/h2-3,5,7-9,13,21H,4,6H2,1H3,(H2,16,18,19). The summed E-state index contributed by atoms with van der Waals surface area (Å²) < 4.78 is 13.1. The number of nitrogens with zero attached hydrogens (tertiary/aromatic N) is 4. The Labute approximate surface area is 131 Å². The van der Waals surface area contributed by atoms with Gasteiger partial charge in [0.1, 0.15) is 24.2 Å². The minimum atomic E-state index is -0.183. The molecule has 120 valence electrons. The van der Waals surface area contributed by atoms with Gasteiger partial charge in [-0.2, -0.15) is 5.10 Å². The fourth-order valence-corrected chi connectivity index (χ4v) is 3.23. The van der Waals surface area contributed by atoms with Crippen LogP contribution in [0.3, 0.4) is 0 Å². The van der Waals surface area contributed by atoms with Crippen LogP contribution in [0.5, 0.6) is 0 Å². The topological polar surface area (TPSA) is 112 Å². The third-order valence-electron chi connectivity index (χ3n) is 4.26. The maximum absolute atomic E-state index is 9.36. The summed E-state index contributed by atoms with van der Waals surface area (Å²) in [7, 11) is 0. The molecule has 4 rings (SSSR count). The second-order valence-corrected chi connectivity index (χ2v) is 5.80. The smallest absolute Gasteiger partial charge is 0.228 e. The van der Waals surface area contributed by atoms with Crippen molar-refractivity contribution in [2.24, 2.45) is 5.92 Å². The molecule has 3 aromatic heterocycles. The van der Waals surface area contributed by atoms with E-state index in [0.717, 1.165) is 17.7 Å². The van der Waals surface area contributed by atoms with Gasteiger partial charge in [0.25, 0.3) is 0 Å². The summed E-state index contributed by atoms with van der Waals surface area (Å²) in [6.45, 7) is 2.10. The summed E-state index contributed by atoms with van der Waals surface area (Å²) >= 11 is 0. The van der Waals surface area contributed by atoms with Crippen LogP contribution in [0, 0.1) is 5.92 Å². The highest BCUT2D eigenvalue weighted by Crippen LogP contribution is 2.41. The Morgan fingerprint density at radius 1 is 1.43 bits per heavy atom. The number of fused-ring (bicyclic) bond motifs is 1. The van der Waals surface area contributed by atoms with Gasteiger partial charge in [0.2, 0.25) is 5.89 Å². The third-order valence-corrected chi connectivity index (χ3v) is 4.26. The Hall–Kier alpha value is -2.45. The fraction of sp³-hybridized carbons (Fsp3) is 0.400. The molecule has 0 amide bonds. The second kappa shape index (κ2) is 5.32. The molecule has 3 unspecified atom stereocenters. The van der Waals surface area contributed by atoms with E-state index in [9.17, 15) is 5.11 Å². The lowest BCUT2D eigenvalue weighted by molar-refractivity contribution is 0.00257. The Kier molecular flexibility index (Phi) is 3.28. The SMILES string of the molecule is CC1CC(CO)OC1c1cc(-c2ncco2)c2c(N)ncnn12. The quantitative estimate of drug-likeness (QED) is 0.751. The molecule has 3 aromatic rings. The molecular formula is C15H17N5O3. The number of hydrogen-bond donors (Lipinski definition) is 2. The van der Waals surface area contributed by atoms with Crippen molar-refractivity contribution < 1.29 is 14.3 Å². The number of rotatable bonds is 3. The first-order valence-corrected chi connectivity index (χ1v) is 7.47. The van der Waals surface area contributed by atoms with Gasteiger partial charge in [-0.3, -0.25) is 0 Å². The average molecular weight is 315 g/mol. The van der Waals surface area contributed by atoms with Crippen molar-refractivity contribution >= 4 is 11.3 Å². The van der Waals surface area contributed by atoms with E-state index in [0.29, 0.717) is 17.2 Å². The van der Waals surface area contributed by atoms with E-state index in [-0.39, 0.29) is 24.7 Å². The summed E-state index contributed by atoms with van der Waals surface area (Å²) in [5.74, 6) is 1.06. The highest BCUT2D eigenvalue weighted by molar-refractivity contribution is 5.85. The Morgan fingerprint density at radius 3 is 3.00 bits per heavy atom. The van der Waals surface area contributed by atoms with Gasteiger partial charge < -0.3 is 20.0 Å². The summed E-state index contributed by atoms with van der Waals surface area (Å²) in [4.78, 5) is 8.26. The van der Waals surface area contributed by atoms with Crippen LogP contribution >= 0.6 is 0 Å². The van der Waals surface area contributed by atoms with Crippen LogP contribution in [-0.4, -0.2) is 37.4 Å². The van der Waals surface area contributed by atoms with Crippen LogP contribution in [-0.2, 0) is 4.74 Å². The molecule has 1 aliphatic rings. The van der Waals surface area contributed by atoms with Gasteiger partial charge >= 0.3 is 0 Å².